The van der Waals surface area contributed by atoms with Crippen molar-refractivity contribution in [1.29, 1.82) is 0 Å². The summed E-state index contributed by atoms with van der Waals surface area (Å²) in [7, 11) is 0. The molecule has 2 atom stereocenters. The molecule has 92 valence electrons. The van der Waals surface area contributed by atoms with E-state index in [4.69, 9.17) is 5.11 Å². The first-order valence-electron chi connectivity index (χ1n) is 5.77. The lowest BCUT2D eigenvalue weighted by Gasteiger charge is -2.27. The van der Waals surface area contributed by atoms with Crippen molar-refractivity contribution < 1.29 is 14.7 Å². The average Bonchev–Trinajstić information content (AvgIpc) is 2.18. The number of rotatable bonds is 6. The Morgan fingerprint density at radius 3 is 2.50 bits per heavy atom. The normalized spacial score (nSPS) is 19.6. The lowest BCUT2D eigenvalue weighted by atomic mass is 9.96. The van der Waals surface area contributed by atoms with Gasteiger partial charge in [0.2, 0.25) is 5.91 Å². The molecule has 0 aromatic heterocycles. The SMILES string of the molecule is CCC(C)[C@H](NC(=O)CC1CNC1)C(=O)O. The highest BCUT2D eigenvalue weighted by Gasteiger charge is 2.27. The predicted molar refractivity (Wildman–Crippen MR) is 60.0 cm³/mol. The van der Waals surface area contributed by atoms with Crippen molar-refractivity contribution in [2.75, 3.05) is 13.1 Å². The highest BCUT2D eigenvalue weighted by Crippen LogP contribution is 2.11. The molecule has 0 aromatic rings. The monoisotopic (exact) mass is 228 g/mol. The van der Waals surface area contributed by atoms with Crippen molar-refractivity contribution in [3.8, 4) is 0 Å². The molecule has 1 rings (SSSR count). The second kappa shape index (κ2) is 5.84. The van der Waals surface area contributed by atoms with E-state index in [1.807, 2.05) is 13.8 Å². The van der Waals surface area contributed by atoms with Crippen LogP contribution in [0.3, 0.4) is 0 Å². The zero-order chi connectivity index (χ0) is 12.1. The maximum atomic E-state index is 11.6. The van der Waals surface area contributed by atoms with Crippen molar-refractivity contribution in [1.82, 2.24) is 10.6 Å². The van der Waals surface area contributed by atoms with Gasteiger partial charge in [-0.1, -0.05) is 20.3 Å². The molecule has 0 bridgehead atoms. The number of nitrogens with one attached hydrogen (secondary N) is 2. The van der Waals surface area contributed by atoms with Gasteiger partial charge in [0, 0.05) is 6.42 Å². The molecule has 1 amide bonds. The first-order chi connectivity index (χ1) is 7.54. The van der Waals surface area contributed by atoms with E-state index in [0.29, 0.717) is 12.3 Å². The second-order valence-electron chi connectivity index (χ2n) is 4.50. The topological polar surface area (TPSA) is 78.4 Å². The molecular weight excluding hydrogens is 208 g/mol. The Morgan fingerprint density at radius 2 is 2.12 bits per heavy atom. The molecule has 3 N–H and O–H groups in total. The Labute approximate surface area is 95.6 Å². The lowest BCUT2D eigenvalue weighted by Crippen LogP contribution is -2.49. The maximum absolute atomic E-state index is 11.6. The standard InChI is InChI=1S/C11H20N2O3/c1-3-7(2)10(11(15)16)13-9(14)4-8-5-12-6-8/h7-8,10,12H,3-6H2,1-2H3,(H,13,14)(H,15,16)/t7?,10-/m0/s1. The summed E-state index contributed by atoms with van der Waals surface area (Å²) < 4.78 is 0. The number of carbonyl (C=O) groups excluding carboxylic acids is 1. The van der Waals surface area contributed by atoms with Crippen LogP contribution in [-0.2, 0) is 9.59 Å². The van der Waals surface area contributed by atoms with Crippen LogP contribution in [0.25, 0.3) is 0 Å². The van der Waals surface area contributed by atoms with E-state index in [9.17, 15) is 9.59 Å². The molecule has 0 saturated carbocycles. The molecule has 1 heterocycles. The van der Waals surface area contributed by atoms with Gasteiger partial charge >= 0.3 is 5.97 Å². The molecule has 5 heteroatoms. The minimum absolute atomic E-state index is 0.0408. The second-order valence-corrected chi connectivity index (χ2v) is 4.50. The number of hydrogen-bond acceptors (Lipinski definition) is 3. The number of carboxylic acids is 1. The third-order valence-corrected chi connectivity index (χ3v) is 3.14. The Morgan fingerprint density at radius 1 is 1.50 bits per heavy atom. The van der Waals surface area contributed by atoms with Crippen LogP contribution in [0.5, 0.6) is 0 Å². The van der Waals surface area contributed by atoms with E-state index in [0.717, 1.165) is 19.5 Å². The number of amides is 1. The van der Waals surface area contributed by atoms with Crippen LogP contribution in [-0.4, -0.2) is 36.1 Å². The van der Waals surface area contributed by atoms with Crippen molar-refractivity contribution in [2.45, 2.75) is 32.7 Å². The van der Waals surface area contributed by atoms with Crippen LogP contribution in [0, 0.1) is 11.8 Å². The summed E-state index contributed by atoms with van der Waals surface area (Å²) in [6.07, 6.45) is 1.16. The summed E-state index contributed by atoms with van der Waals surface area (Å²) in [5.41, 5.74) is 0. The highest BCUT2D eigenvalue weighted by molar-refractivity contribution is 5.83. The van der Waals surface area contributed by atoms with Gasteiger partial charge in [-0.2, -0.15) is 0 Å². The fourth-order valence-corrected chi connectivity index (χ4v) is 1.67. The van der Waals surface area contributed by atoms with Gasteiger partial charge in [0.05, 0.1) is 0 Å². The van der Waals surface area contributed by atoms with Gasteiger partial charge in [0.1, 0.15) is 6.04 Å². The molecule has 0 aliphatic carbocycles. The Balaban J connectivity index is 2.40. The molecule has 1 fully saturated rings. The Kier molecular flexibility index (Phi) is 4.73. The molecule has 1 saturated heterocycles. The van der Waals surface area contributed by atoms with Gasteiger partial charge in [-0.25, -0.2) is 4.79 Å². The van der Waals surface area contributed by atoms with Crippen molar-refractivity contribution in [2.24, 2.45) is 11.8 Å². The maximum Gasteiger partial charge on any atom is 0.326 e. The van der Waals surface area contributed by atoms with E-state index >= 15 is 0 Å². The predicted octanol–water partition coefficient (Wildman–Crippen LogP) is 0.211. The van der Waals surface area contributed by atoms with Crippen molar-refractivity contribution >= 4 is 11.9 Å². The summed E-state index contributed by atoms with van der Waals surface area (Å²) in [6, 6.07) is -0.759. The van der Waals surface area contributed by atoms with Gasteiger partial charge in [-0.15, -0.1) is 0 Å². The van der Waals surface area contributed by atoms with Gasteiger partial charge in [0.25, 0.3) is 0 Å². The minimum atomic E-state index is -0.950. The van der Waals surface area contributed by atoms with Crippen LogP contribution in [0.4, 0.5) is 0 Å². The molecule has 1 aliphatic heterocycles. The van der Waals surface area contributed by atoms with Crippen LogP contribution in [0.2, 0.25) is 0 Å². The van der Waals surface area contributed by atoms with Gasteiger partial charge in [-0.3, -0.25) is 4.79 Å². The Bertz CT molecular complexity index is 264. The van der Waals surface area contributed by atoms with Crippen LogP contribution in [0.1, 0.15) is 26.7 Å². The average molecular weight is 228 g/mol. The molecule has 1 unspecified atom stereocenters. The van der Waals surface area contributed by atoms with Crippen molar-refractivity contribution in [3.63, 3.8) is 0 Å². The summed E-state index contributed by atoms with van der Waals surface area (Å²) in [4.78, 5) is 22.6. The number of carboxylic acid groups (broad SMARTS) is 1. The quantitative estimate of drug-likeness (QED) is 0.607. The number of carbonyl (C=O) groups is 2. The molecule has 0 spiro atoms. The molecule has 16 heavy (non-hydrogen) atoms. The summed E-state index contributed by atoms with van der Waals surface area (Å²) in [5, 5.41) is 14.7. The first kappa shape index (κ1) is 13.0. The Hall–Kier alpha value is -1.10. The molecular formula is C11H20N2O3. The van der Waals surface area contributed by atoms with E-state index in [2.05, 4.69) is 10.6 Å². The number of hydrogen-bond donors (Lipinski definition) is 3. The van der Waals surface area contributed by atoms with E-state index < -0.39 is 12.0 Å². The van der Waals surface area contributed by atoms with E-state index in [1.54, 1.807) is 0 Å². The molecule has 0 aromatic carbocycles. The molecule has 5 nitrogen and oxygen atoms in total. The van der Waals surface area contributed by atoms with Crippen LogP contribution < -0.4 is 10.6 Å². The fraction of sp³-hybridized carbons (Fsp3) is 0.818. The smallest absolute Gasteiger partial charge is 0.326 e. The zero-order valence-electron chi connectivity index (χ0n) is 9.82. The minimum Gasteiger partial charge on any atom is -0.480 e. The zero-order valence-corrected chi connectivity index (χ0v) is 9.82. The third kappa shape index (κ3) is 3.48. The van der Waals surface area contributed by atoms with E-state index in [-0.39, 0.29) is 11.8 Å². The number of aliphatic carboxylic acids is 1. The van der Waals surface area contributed by atoms with Crippen LogP contribution >= 0.6 is 0 Å². The lowest BCUT2D eigenvalue weighted by molar-refractivity contribution is -0.143. The van der Waals surface area contributed by atoms with Crippen LogP contribution in [0.15, 0.2) is 0 Å². The largest absolute Gasteiger partial charge is 0.480 e. The van der Waals surface area contributed by atoms with Crippen molar-refractivity contribution in [3.05, 3.63) is 0 Å². The molecule has 0 radical (unpaired) electrons. The molecule has 1 aliphatic rings. The highest BCUT2D eigenvalue weighted by atomic mass is 16.4. The van der Waals surface area contributed by atoms with Gasteiger partial charge in [0.15, 0.2) is 0 Å². The summed E-state index contributed by atoms with van der Waals surface area (Å²) >= 11 is 0. The van der Waals surface area contributed by atoms with Gasteiger partial charge < -0.3 is 15.7 Å². The summed E-state index contributed by atoms with van der Waals surface area (Å²) in [6.45, 7) is 5.47. The first-order valence-corrected chi connectivity index (χ1v) is 5.77. The fourth-order valence-electron chi connectivity index (χ4n) is 1.67. The third-order valence-electron chi connectivity index (χ3n) is 3.14. The summed E-state index contributed by atoms with van der Waals surface area (Å²) in [5.74, 6) is -0.777. The van der Waals surface area contributed by atoms with Gasteiger partial charge in [-0.05, 0) is 24.9 Å². The van der Waals surface area contributed by atoms with E-state index in [1.165, 1.54) is 0 Å².